The van der Waals surface area contributed by atoms with Gasteiger partial charge in [0.1, 0.15) is 31.0 Å². The van der Waals surface area contributed by atoms with Gasteiger partial charge in [0.05, 0.1) is 21.1 Å². The first-order valence-electron chi connectivity index (χ1n) is 8.00. The fourth-order valence-electron chi connectivity index (χ4n) is 2.33. The fraction of sp³-hybridized carbons (Fsp3) is 0.867. The summed E-state index contributed by atoms with van der Waals surface area (Å²) in [6.07, 6.45) is -4.58. The Hall–Kier alpha value is -1.26. The van der Waals surface area contributed by atoms with Gasteiger partial charge in [-0.25, -0.2) is 4.79 Å². The van der Waals surface area contributed by atoms with E-state index in [1.807, 2.05) is 28.1 Å². The van der Waals surface area contributed by atoms with Crippen molar-refractivity contribution in [1.29, 1.82) is 0 Å². The molecule has 1 aliphatic rings. The average molecular weight is 349 g/mol. The first-order chi connectivity index (χ1) is 11.0. The molecule has 9 heteroatoms. The van der Waals surface area contributed by atoms with Gasteiger partial charge in [-0.2, -0.15) is 0 Å². The first-order valence-corrected chi connectivity index (χ1v) is 8.00. The van der Waals surface area contributed by atoms with Crippen LogP contribution in [0.2, 0.25) is 0 Å². The van der Waals surface area contributed by atoms with Crippen LogP contribution in [0, 0.1) is 0 Å². The largest absolute Gasteiger partial charge is 0.459 e. The molecule has 1 saturated heterocycles. The lowest BCUT2D eigenvalue weighted by Gasteiger charge is -2.40. The standard InChI is InChI=1S/C15H28N2O7/c1-5-6-10(18)16-12-14(21)13(20)9(24-15(12)22)8-23-11(19)7-17(2,3)4/h9,12-15,20-22H,5-8H2,1-4H3/p+1/t9-,12-,13-,14-,15?/m1/s1. The fourth-order valence-corrected chi connectivity index (χ4v) is 2.33. The van der Waals surface area contributed by atoms with E-state index in [9.17, 15) is 24.9 Å². The van der Waals surface area contributed by atoms with E-state index in [1.165, 1.54) is 0 Å². The predicted octanol–water partition coefficient (Wildman–Crippen LogP) is -2.04. The molecular weight excluding hydrogens is 320 g/mol. The Morgan fingerprint density at radius 1 is 1.17 bits per heavy atom. The van der Waals surface area contributed by atoms with E-state index in [2.05, 4.69) is 5.32 Å². The van der Waals surface area contributed by atoms with Gasteiger partial charge in [-0.1, -0.05) is 6.92 Å². The third-order valence-corrected chi connectivity index (χ3v) is 3.54. The number of quaternary nitrogens is 1. The monoisotopic (exact) mass is 349 g/mol. The van der Waals surface area contributed by atoms with Crippen molar-refractivity contribution in [2.45, 2.75) is 50.4 Å². The number of aliphatic hydroxyl groups excluding tert-OH is 3. The number of ether oxygens (including phenoxy) is 2. The molecule has 0 saturated carbocycles. The number of aliphatic hydroxyl groups is 3. The summed E-state index contributed by atoms with van der Waals surface area (Å²) in [4.78, 5) is 23.3. The summed E-state index contributed by atoms with van der Waals surface area (Å²) < 4.78 is 10.6. The van der Waals surface area contributed by atoms with Crippen LogP contribution < -0.4 is 5.32 Å². The molecule has 5 atom stereocenters. The molecule has 140 valence electrons. The molecular formula is C15H29N2O7+. The van der Waals surface area contributed by atoms with Gasteiger partial charge in [-0.3, -0.25) is 4.79 Å². The normalized spacial score (nSPS) is 30.7. The molecule has 1 fully saturated rings. The lowest BCUT2D eigenvalue weighted by Crippen LogP contribution is -2.64. The van der Waals surface area contributed by atoms with Crippen LogP contribution in [0.1, 0.15) is 19.8 Å². The number of nitrogens with one attached hydrogen (secondary N) is 1. The molecule has 0 aromatic heterocycles. The third-order valence-electron chi connectivity index (χ3n) is 3.54. The second kappa shape index (κ2) is 8.72. The zero-order valence-corrected chi connectivity index (χ0v) is 14.6. The van der Waals surface area contributed by atoms with Crippen molar-refractivity contribution in [3.8, 4) is 0 Å². The van der Waals surface area contributed by atoms with Gasteiger partial charge in [0.15, 0.2) is 12.8 Å². The number of hydrogen-bond donors (Lipinski definition) is 4. The molecule has 1 amide bonds. The van der Waals surface area contributed by atoms with Crippen LogP contribution in [0.3, 0.4) is 0 Å². The Bertz CT molecular complexity index is 438. The molecule has 0 spiro atoms. The Morgan fingerprint density at radius 3 is 2.33 bits per heavy atom. The topological polar surface area (TPSA) is 125 Å². The molecule has 1 aliphatic heterocycles. The van der Waals surface area contributed by atoms with Gasteiger partial charge >= 0.3 is 5.97 Å². The van der Waals surface area contributed by atoms with Gasteiger partial charge in [0, 0.05) is 6.42 Å². The van der Waals surface area contributed by atoms with Crippen molar-refractivity contribution in [2.24, 2.45) is 0 Å². The molecule has 4 N–H and O–H groups in total. The van der Waals surface area contributed by atoms with E-state index in [0.29, 0.717) is 10.9 Å². The molecule has 0 radical (unpaired) electrons. The minimum absolute atomic E-state index is 0.129. The van der Waals surface area contributed by atoms with E-state index >= 15 is 0 Å². The van der Waals surface area contributed by atoms with Crippen LogP contribution in [0.25, 0.3) is 0 Å². The first kappa shape index (κ1) is 20.8. The molecule has 1 unspecified atom stereocenters. The van der Waals surface area contributed by atoms with Gasteiger partial charge in [0.25, 0.3) is 0 Å². The molecule has 1 heterocycles. The highest BCUT2D eigenvalue weighted by Crippen LogP contribution is 2.20. The molecule has 0 bridgehead atoms. The second-order valence-electron chi connectivity index (χ2n) is 7.02. The quantitative estimate of drug-likeness (QED) is 0.308. The van der Waals surface area contributed by atoms with Crippen LogP contribution in [0.15, 0.2) is 0 Å². The summed E-state index contributed by atoms with van der Waals surface area (Å²) in [6, 6.07) is -1.14. The number of nitrogens with zero attached hydrogens (tertiary/aromatic N) is 1. The van der Waals surface area contributed by atoms with Crippen molar-refractivity contribution < 1.29 is 38.9 Å². The third kappa shape index (κ3) is 6.33. The molecule has 9 nitrogen and oxygen atoms in total. The highest BCUT2D eigenvalue weighted by molar-refractivity contribution is 5.76. The average Bonchev–Trinajstić information content (AvgIpc) is 2.44. The highest BCUT2D eigenvalue weighted by Gasteiger charge is 2.45. The van der Waals surface area contributed by atoms with Crippen LogP contribution in [0.5, 0.6) is 0 Å². The van der Waals surface area contributed by atoms with E-state index < -0.39 is 36.6 Å². The summed E-state index contributed by atoms with van der Waals surface area (Å²) in [5.41, 5.74) is 0. The van der Waals surface area contributed by atoms with Gasteiger partial charge < -0.3 is 34.6 Å². The van der Waals surface area contributed by atoms with E-state index in [0.717, 1.165) is 0 Å². The molecule has 0 aromatic carbocycles. The minimum atomic E-state index is -1.51. The zero-order valence-electron chi connectivity index (χ0n) is 14.6. The summed E-state index contributed by atoms with van der Waals surface area (Å²) in [6.45, 7) is 1.65. The van der Waals surface area contributed by atoms with Gasteiger partial charge in [-0.05, 0) is 6.42 Å². The second-order valence-corrected chi connectivity index (χ2v) is 7.02. The zero-order chi connectivity index (χ0) is 18.5. The summed E-state index contributed by atoms with van der Waals surface area (Å²) in [5.74, 6) is -0.843. The van der Waals surface area contributed by atoms with Gasteiger partial charge in [0.2, 0.25) is 5.91 Å². The number of carbonyl (C=O) groups is 2. The van der Waals surface area contributed by atoms with Gasteiger partial charge in [-0.15, -0.1) is 0 Å². The summed E-state index contributed by atoms with van der Waals surface area (Å²) >= 11 is 0. The minimum Gasteiger partial charge on any atom is -0.459 e. The number of amides is 1. The highest BCUT2D eigenvalue weighted by atomic mass is 16.6. The summed E-state index contributed by atoms with van der Waals surface area (Å²) in [5, 5.41) is 32.6. The van der Waals surface area contributed by atoms with Crippen molar-refractivity contribution >= 4 is 11.9 Å². The lowest BCUT2D eigenvalue weighted by atomic mass is 9.97. The van der Waals surface area contributed by atoms with E-state index in [4.69, 9.17) is 9.47 Å². The van der Waals surface area contributed by atoms with Crippen molar-refractivity contribution in [1.82, 2.24) is 5.32 Å². The molecule has 0 aliphatic carbocycles. The van der Waals surface area contributed by atoms with Crippen LogP contribution in [0.4, 0.5) is 0 Å². The predicted molar refractivity (Wildman–Crippen MR) is 83.6 cm³/mol. The maximum absolute atomic E-state index is 11.7. The molecule has 0 aromatic rings. The number of rotatable bonds is 7. The molecule has 1 rings (SSSR count). The van der Waals surface area contributed by atoms with Crippen molar-refractivity contribution in [2.75, 3.05) is 34.3 Å². The number of likely N-dealkylation sites (N-methyl/N-ethyl adjacent to an activating group) is 1. The number of esters is 1. The number of carbonyl (C=O) groups excluding carboxylic acids is 2. The lowest BCUT2D eigenvalue weighted by molar-refractivity contribution is -0.862. The van der Waals surface area contributed by atoms with Crippen molar-refractivity contribution in [3.05, 3.63) is 0 Å². The number of hydrogen-bond acceptors (Lipinski definition) is 7. The Labute approximate surface area is 141 Å². The van der Waals surface area contributed by atoms with Crippen molar-refractivity contribution in [3.63, 3.8) is 0 Å². The molecule has 24 heavy (non-hydrogen) atoms. The van der Waals surface area contributed by atoms with E-state index in [1.54, 1.807) is 0 Å². The Morgan fingerprint density at radius 2 is 1.79 bits per heavy atom. The smallest absolute Gasteiger partial charge is 0.361 e. The van der Waals surface area contributed by atoms with E-state index in [-0.39, 0.29) is 25.5 Å². The van der Waals surface area contributed by atoms with Crippen LogP contribution in [-0.2, 0) is 19.1 Å². The summed E-state index contributed by atoms with van der Waals surface area (Å²) in [7, 11) is 5.47. The maximum atomic E-state index is 11.7. The Kier molecular flexibility index (Phi) is 7.56. The Balaban J connectivity index is 2.57. The van der Waals surface area contributed by atoms with Crippen LogP contribution in [-0.4, -0.2) is 96.6 Å². The SMILES string of the molecule is CCCC(=O)N[C@H]1C(O)O[C@H](COC(=O)C[N+](C)(C)C)[C@@H](O)[C@@H]1O. The van der Waals surface area contributed by atoms with Crippen LogP contribution >= 0.6 is 0 Å². The maximum Gasteiger partial charge on any atom is 0.361 e.